The lowest BCUT2D eigenvalue weighted by Gasteiger charge is -2.04. The van der Waals surface area contributed by atoms with Crippen LogP contribution in [-0.4, -0.2) is 0 Å². The molecule has 0 atom stereocenters. The van der Waals surface area contributed by atoms with Crippen LogP contribution in [0.15, 0.2) is 84.9 Å². The molecule has 4 aromatic rings. The zero-order chi connectivity index (χ0) is 18.5. The Bertz CT molecular complexity index is 1210. The Balaban J connectivity index is 1.43. The number of fused-ring (bicyclic) bond motifs is 6. The van der Waals surface area contributed by atoms with Gasteiger partial charge in [-0.25, -0.2) is 0 Å². The zero-order valence-electron chi connectivity index (χ0n) is 15.5. The van der Waals surface area contributed by atoms with Crippen molar-refractivity contribution in [1.82, 2.24) is 0 Å². The molecule has 0 amide bonds. The zero-order valence-corrected chi connectivity index (χ0v) is 15.5. The van der Waals surface area contributed by atoms with E-state index in [0.29, 0.717) is 0 Å². The molecule has 0 spiro atoms. The number of rotatable bonds is 0. The van der Waals surface area contributed by atoms with Crippen molar-refractivity contribution in [2.75, 3.05) is 0 Å². The van der Waals surface area contributed by atoms with Crippen molar-refractivity contribution >= 4 is 0 Å². The van der Waals surface area contributed by atoms with Crippen molar-refractivity contribution in [3.8, 4) is 34.1 Å². The maximum atomic E-state index is 3.50. The first-order valence-electron chi connectivity index (χ1n) is 9.81. The molecule has 0 fully saturated rings. The van der Waals surface area contributed by atoms with Gasteiger partial charge in [0.1, 0.15) is 0 Å². The summed E-state index contributed by atoms with van der Waals surface area (Å²) >= 11 is 0. The molecule has 0 N–H and O–H groups in total. The second kappa shape index (κ2) is 5.98. The minimum absolute atomic E-state index is 0.981. The molecule has 0 heterocycles. The van der Waals surface area contributed by atoms with E-state index in [9.17, 15) is 0 Å². The van der Waals surface area contributed by atoms with Crippen LogP contribution in [0.2, 0.25) is 0 Å². The molecule has 130 valence electrons. The van der Waals surface area contributed by atoms with Crippen molar-refractivity contribution < 1.29 is 0 Å². The lowest BCUT2D eigenvalue weighted by atomic mass is 9.99. The fourth-order valence-electron chi connectivity index (χ4n) is 4.68. The van der Waals surface area contributed by atoms with E-state index in [1.807, 2.05) is 0 Å². The Morgan fingerprint density at radius 1 is 0.429 bits per heavy atom. The first-order valence-corrected chi connectivity index (χ1v) is 9.81. The van der Waals surface area contributed by atoms with E-state index in [1.54, 1.807) is 0 Å². The summed E-state index contributed by atoms with van der Waals surface area (Å²) in [5.74, 6) is 7.01. The van der Waals surface area contributed by atoms with E-state index in [4.69, 9.17) is 0 Å². The fraction of sp³-hybridized carbons (Fsp3) is 0.0714. The SMILES string of the molecule is C(#Cc1cccc2c1Cc1ccccc1-2)c1cccc2c1Cc1ccccc1-2. The molecule has 0 aliphatic heterocycles. The van der Waals surface area contributed by atoms with Crippen molar-refractivity contribution in [3.63, 3.8) is 0 Å². The minimum Gasteiger partial charge on any atom is -0.0619 e. The highest BCUT2D eigenvalue weighted by Gasteiger charge is 2.21. The maximum Gasteiger partial charge on any atom is 0.0290 e. The third-order valence-corrected chi connectivity index (χ3v) is 6.03. The van der Waals surface area contributed by atoms with Gasteiger partial charge in [0, 0.05) is 11.1 Å². The van der Waals surface area contributed by atoms with E-state index in [-0.39, 0.29) is 0 Å². The summed E-state index contributed by atoms with van der Waals surface area (Å²) in [6, 6.07) is 30.4. The third kappa shape index (κ3) is 2.27. The average molecular weight is 354 g/mol. The molecule has 0 heteroatoms. The first kappa shape index (κ1) is 15.5. The lowest BCUT2D eigenvalue weighted by molar-refractivity contribution is 1.25. The highest BCUT2D eigenvalue weighted by molar-refractivity contribution is 5.81. The topological polar surface area (TPSA) is 0 Å². The Labute approximate surface area is 165 Å². The van der Waals surface area contributed by atoms with Gasteiger partial charge in [0.25, 0.3) is 0 Å². The molecule has 28 heavy (non-hydrogen) atoms. The van der Waals surface area contributed by atoms with Gasteiger partial charge in [-0.05, 0) is 69.5 Å². The van der Waals surface area contributed by atoms with Gasteiger partial charge >= 0.3 is 0 Å². The number of hydrogen-bond acceptors (Lipinski definition) is 0. The first-order chi connectivity index (χ1) is 13.9. The fourth-order valence-corrected chi connectivity index (χ4v) is 4.68. The van der Waals surface area contributed by atoms with Crippen LogP contribution < -0.4 is 0 Å². The normalized spacial score (nSPS) is 12.4. The maximum absolute atomic E-state index is 3.50. The Morgan fingerprint density at radius 2 is 0.857 bits per heavy atom. The van der Waals surface area contributed by atoms with Gasteiger partial charge in [-0.1, -0.05) is 84.6 Å². The van der Waals surface area contributed by atoms with Gasteiger partial charge in [-0.15, -0.1) is 0 Å². The summed E-state index contributed by atoms with van der Waals surface area (Å²) in [6.45, 7) is 0. The minimum atomic E-state index is 0.981. The smallest absolute Gasteiger partial charge is 0.0290 e. The lowest BCUT2D eigenvalue weighted by Crippen LogP contribution is -1.89. The predicted octanol–water partition coefficient (Wildman–Crippen LogP) is 6.23. The van der Waals surface area contributed by atoms with Crippen molar-refractivity contribution in [2.24, 2.45) is 0 Å². The molecule has 0 aromatic heterocycles. The van der Waals surface area contributed by atoms with Gasteiger partial charge in [-0.3, -0.25) is 0 Å². The monoisotopic (exact) mass is 354 g/mol. The molecule has 2 aliphatic rings. The quantitative estimate of drug-likeness (QED) is 0.284. The van der Waals surface area contributed by atoms with Crippen molar-refractivity contribution in [1.29, 1.82) is 0 Å². The standard InChI is InChI=1S/C28H18/c1-3-11-23-21(7-1)17-27-19(9-5-13-25(23)27)15-16-20-10-6-14-26-24-12-4-2-8-22(24)18-28(20)26/h1-14H,17-18H2. The average Bonchev–Trinajstić information content (AvgIpc) is 3.31. The number of benzene rings is 4. The van der Waals surface area contributed by atoms with Gasteiger partial charge in [-0.2, -0.15) is 0 Å². The second-order valence-electron chi connectivity index (χ2n) is 7.58. The molecule has 0 unspecified atom stereocenters. The van der Waals surface area contributed by atoms with Crippen LogP contribution in [0, 0.1) is 11.8 Å². The Kier molecular flexibility index (Phi) is 3.31. The summed E-state index contributed by atoms with van der Waals surface area (Å²) < 4.78 is 0. The molecule has 4 aromatic carbocycles. The second-order valence-corrected chi connectivity index (χ2v) is 7.58. The molecule has 2 aliphatic carbocycles. The highest BCUT2D eigenvalue weighted by Crippen LogP contribution is 2.39. The molecule has 0 saturated carbocycles. The van der Waals surface area contributed by atoms with Crippen LogP contribution in [0.5, 0.6) is 0 Å². The summed E-state index contributed by atoms with van der Waals surface area (Å²) in [5.41, 5.74) is 13.3. The van der Waals surface area contributed by atoms with Crippen molar-refractivity contribution in [3.05, 3.63) is 118 Å². The molecule has 0 radical (unpaired) electrons. The van der Waals surface area contributed by atoms with Gasteiger partial charge < -0.3 is 0 Å². The van der Waals surface area contributed by atoms with Gasteiger partial charge in [0.15, 0.2) is 0 Å². The third-order valence-electron chi connectivity index (χ3n) is 6.03. The van der Waals surface area contributed by atoms with Gasteiger partial charge in [0.05, 0.1) is 0 Å². The van der Waals surface area contributed by atoms with Crippen LogP contribution in [0.4, 0.5) is 0 Å². The van der Waals surface area contributed by atoms with E-state index in [0.717, 1.165) is 24.0 Å². The van der Waals surface area contributed by atoms with Gasteiger partial charge in [0.2, 0.25) is 0 Å². The molecule has 6 rings (SSSR count). The van der Waals surface area contributed by atoms with E-state index in [1.165, 1.54) is 44.5 Å². The van der Waals surface area contributed by atoms with E-state index < -0.39 is 0 Å². The Morgan fingerprint density at radius 3 is 1.36 bits per heavy atom. The van der Waals surface area contributed by atoms with E-state index in [2.05, 4.69) is 96.8 Å². The van der Waals surface area contributed by atoms with E-state index >= 15 is 0 Å². The highest BCUT2D eigenvalue weighted by atomic mass is 14.2. The van der Waals surface area contributed by atoms with Crippen LogP contribution >= 0.6 is 0 Å². The molecule has 0 nitrogen and oxygen atoms in total. The van der Waals surface area contributed by atoms with Crippen molar-refractivity contribution in [2.45, 2.75) is 12.8 Å². The molecular formula is C28H18. The Hall–Kier alpha value is -3.56. The predicted molar refractivity (Wildman–Crippen MR) is 115 cm³/mol. The van der Waals surface area contributed by atoms with Crippen LogP contribution in [0.1, 0.15) is 33.4 Å². The largest absolute Gasteiger partial charge is 0.0619 e. The summed E-state index contributed by atoms with van der Waals surface area (Å²) in [7, 11) is 0. The van der Waals surface area contributed by atoms with Crippen LogP contribution in [-0.2, 0) is 12.8 Å². The molecular weight excluding hydrogens is 336 g/mol. The summed E-state index contributed by atoms with van der Waals surface area (Å²) in [6.07, 6.45) is 1.96. The molecule has 0 bridgehead atoms. The summed E-state index contributed by atoms with van der Waals surface area (Å²) in [4.78, 5) is 0. The summed E-state index contributed by atoms with van der Waals surface area (Å²) in [5, 5.41) is 0. The number of hydrogen-bond donors (Lipinski definition) is 0. The van der Waals surface area contributed by atoms with Crippen LogP contribution in [0.3, 0.4) is 0 Å². The van der Waals surface area contributed by atoms with Crippen LogP contribution in [0.25, 0.3) is 22.3 Å². The molecule has 0 saturated heterocycles.